The monoisotopic (exact) mass is 260 g/mol. The Hall–Kier alpha value is -1.67. The number of anilines is 1. The number of sulfonamides is 1. The summed E-state index contributed by atoms with van der Waals surface area (Å²) in [6, 6.07) is 2.78. The Morgan fingerprint density at radius 3 is 2.88 bits per heavy atom. The number of aromatic nitrogens is 1. The molecule has 0 amide bonds. The molecule has 0 unspecified atom stereocenters. The van der Waals surface area contributed by atoms with Gasteiger partial charge in [0.05, 0.1) is 18.0 Å². The minimum absolute atomic E-state index is 0.0258. The molecule has 0 fully saturated rings. The molecule has 1 aromatic heterocycles. The predicted octanol–water partition coefficient (Wildman–Crippen LogP) is 0.168. The lowest BCUT2D eigenvalue weighted by molar-refractivity contribution is 0.0692. The number of ether oxygens (including phenoxy) is 1. The third kappa shape index (κ3) is 4.00. The van der Waals surface area contributed by atoms with E-state index in [0.717, 1.165) is 0 Å². The Balaban J connectivity index is 2.92. The molecule has 0 spiro atoms. The van der Waals surface area contributed by atoms with Crippen molar-refractivity contribution in [3.63, 3.8) is 0 Å². The Morgan fingerprint density at radius 2 is 2.29 bits per heavy atom. The molecule has 1 rings (SSSR count). The zero-order valence-electron chi connectivity index (χ0n) is 9.08. The van der Waals surface area contributed by atoms with Crippen LogP contribution < -0.4 is 4.72 Å². The quantitative estimate of drug-likeness (QED) is 0.755. The van der Waals surface area contributed by atoms with E-state index in [0.29, 0.717) is 0 Å². The van der Waals surface area contributed by atoms with Crippen molar-refractivity contribution in [2.45, 2.75) is 0 Å². The highest BCUT2D eigenvalue weighted by Gasteiger charge is 2.16. The van der Waals surface area contributed by atoms with E-state index in [4.69, 9.17) is 5.11 Å². The highest BCUT2D eigenvalue weighted by atomic mass is 32.2. The van der Waals surface area contributed by atoms with Crippen LogP contribution in [0.15, 0.2) is 18.3 Å². The summed E-state index contributed by atoms with van der Waals surface area (Å²) in [6.07, 6.45) is 1.27. The summed E-state index contributed by atoms with van der Waals surface area (Å²) < 4.78 is 29.8. The largest absolute Gasteiger partial charge is 0.476 e. The number of methoxy groups -OCH3 is 1. The Morgan fingerprint density at radius 1 is 1.59 bits per heavy atom. The summed E-state index contributed by atoms with van der Waals surface area (Å²) in [5, 5.41) is 8.82. The molecule has 0 radical (unpaired) electrons. The third-order valence-electron chi connectivity index (χ3n) is 1.83. The maximum absolute atomic E-state index is 11.5. The summed E-state index contributed by atoms with van der Waals surface area (Å²) in [5.74, 6) is -1.55. The van der Waals surface area contributed by atoms with Gasteiger partial charge in [-0.1, -0.05) is 0 Å². The molecule has 0 bridgehead atoms. The van der Waals surface area contributed by atoms with Crippen molar-refractivity contribution in [3.8, 4) is 0 Å². The van der Waals surface area contributed by atoms with E-state index in [1.54, 1.807) is 0 Å². The van der Waals surface area contributed by atoms with Crippen molar-refractivity contribution in [1.29, 1.82) is 0 Å². The van der Waals surface area contributed by atoms with Crippen molar-refractivity contribution >= 4 is 21.7 Å². The number of carbonyl (C=O) groups is 1. The molecule has 94 valence electrons. The van der Waals surface area contributed by atoms with Crippen molar-refractivity contribution in [3.05, 3.63) is 24.0 Å². The number of aromatic carboxylic acids is 1. The topological polar surface area (TPSA) is 106 Å². The summed E-state index contributed by atoms with van der Waals surface area (Å²) in [6.45, 7) is 0.0258. The lowest BCUT2D eigenvalue weighted by Gasteiger charge is -2.08. The van der Waals surface area contributed by atoms with Gasteiger partial charge in [0.2, 0.25) is 10.0 Å². The van der Waals surface area contributed by atoms with Gasteiger partial charge in [0, 0.05) is 13.3 Å². The van der Waals surface area contributed by atoms with Crippen LogP contribution in [-0.4, -0.2) is 43.9 Å². The molecule has 7 nitrogen and oxygen atoms in total. The van der Waals surface area contributed by atoms with Gasteiger partial charge in [-0.3, -0.25) is 4.72 Å². The van der Waals surface area contributed by atoms with Crippen LogP contribution in [0.4, 0.5) is 5.69 Å². The van der Waals surface area contributed by atoms with E-state index in [1.807, 2.05) is 0 Å². The summed E-state index contributed by atoms with van der Waals surface area (Å²) in [4.78, 5) is 14.4. The fourth-order valence-corrected chi connectivity index (χ4v) is 2.06. The van der Waals surface area contributed by atoms with Gasteiger partial charge in [-0.2, -0.15) is 0 Å². The molecule has 0 aliphatic carbocycles. The molecule has 0 saturated carbocycles. The van der Waals surface area contributed by atoms with Gasteiger partial charge >= 0.3 is 5.97 Å². The third-order valence-corrected chi connectivity index (χ3v) is 3.07. The molecule has 0 atom stereocenters. The van der Waals surface area contributed by atoms with Crippen LogP contribution in [-0.2, 0) is 14.8 Å². The Bertz CT molecular complexity index is 500. The molecule has 17 heavy (non-hydrogen) atoms. The fraction of sp³-hybridized carbons (Fsp3) is 0.333. The minimum atomic E-state index is -3.63. The van der Waals surface area contributed by atoms with Crippen LogP contribution in [0.2, 0.25) is 0 Å². The number of carboxylic acid groups (broad SMARTS) is 1. The molecule has 0 aliphatic heterocycles. The van der Waals surface area contributed by atoms with Crippen molar-refractivity contribution in [2.24, 2.45) is 0 Å². The first-order valence-corrected chi connectivity index (χ1v) is 6.29. The first kappa shape index (κ1) is 13.4. The van der Waals surface area contributed by atoms with Crippen molar-refractivity contribution in [1.82, 2.24) is 4.98 Å². The van der Waals surface area contributed by atoms with Gasteiger partial charge in [0.1, 0.15) is 0 Å². The van der Waals surface area contributed by atoms with Crippen LogP contribution in [0.5, 0.6) is 0 Å². The zero-order chi connectivity index (χ0) is 12.9. The number of nitrogens with zero attached hydrogens (tertiary/aromatic N) is 1. The highest BCUT2D eigenvalue weighted by molar-refractivity contribution is 7.92. The van der Waals surface area contributed by atoms with E-state index in [1.165, 1.54) is 25.4 Å². The van der Waals surface area contributed by atoms with Gasteiger partial charge in [-0.15, -0.1) is 0 Å². The maximum atomic E-state index is 11.5. The van der Waals surface area contributed by atoms with Crippen LogP contribution in [0, 0.1) is 0 Å². The minimum Gasteiger partial charge on any atom is -0.476 e. The average molecular weight is 260 g/mol. The Kier molecular flexibility index (Phi) is 4.41. The lowest BCUT2D eigenvalue weighted by Crippen LogP contribution is -2.21. The van der Waals surface area contributed by atoms with Crippen LogP contribution in [0.25, 0.3) is 0 Å². The van der Waals surface area contributed by atoms with Crippen molar-refractivity contribution < 1.29 is 23.1 Å². The van der Waals surface area contributed by atoms with Gasteiger partial charge < -0.3 is 9.84 Å². The molecular weight excluding hydrogens is 248 g/mol. The number of nitrogens with one attached hydrogen (secondary N) is 1. The molecule has 8 heteroatoms. The van der Waals surface area contributed by atoms with Gasteiger partial charge in [-0.25, -0.2) is 18.2 Å². The standard InChI is InChI=1S/C9H12N2O5S/c1-16-5-6-17(14,15)11-7-3-2-4-10-8(7)9(12)13/h2-4,11H,5-6H2,1H3,(H,12,13). The van der Waals surface area contributed by atoms with Crippen LogP contribution in [0.1, 0.15) is 10.5 Å². The molecular formula is C9H12N2O5S. The number of carboxylic acids is 1. The van der Waals surface area contributed by atoms with Gasteiger partial charge in [0.25, 0.3) is 0 Å². The van der Waals surface area contributed by atoms with Crippen LogP contribution >= 0.6 is 0 Å². The number of rotatable bonds is 6. The van der Waals surface area contributed by atoms with Gasteiger partial charge in [0.15, 0.2) is 5.69 Å². The number of pyridine rings is 1. The van der Waals surface area contributed by atoms with Crippen molar-refractivity contribution in [2.75, 3.05) is 24.2 Å². The highest BCUT2D eigenvalue weighted by Crippen LogP contribution is 2.13. The van der Waals surface area contributed by atoms with E-state index >= 15 is 0 Å². The summed E-state index contributed by atoms with van der Waals surface area (Å²) >= 11 is 0. The second kappa shape index (κ2) is 5.60. The second-order valence-electron chi connectivity index (χ2n) is 3.12. The number of hydrogen-bond donors (Lipinski definition) is 2. The van der Waals surface area contributed by atoms with Crippen LogP contribution in [0.3, 0.4) is 0 Å². The van der Waals surface area contributed by atoms with E-state index < -0.39 is 16.0 Å². The molecule has 2 N–H and O–H groups in total. The summed E-state index contributed by atoms with van der Waals surface area (Å²) in [7, 11) is -2.25. The zero-order valence-corrected chi connectivity index (χ0v) is 9.90. The second-order valence-corrected chi connectivity index (χ2v) is 4.96. The smallest absolute Gasteiger partial charge is 0.356 e. The van der Waals surface area contributed by atoms with E-state index in [9.17, 15) is 13.2 Å². The van der Waals surface area contributed by atoms with Gasteiger partial charge in [-0.05, 0) is 12.1 Å². The predicted molar refractivity (Wildman–Crippen MR) is 60.5 cm³/mol. The fourth-order valence-electron chi connectivity index (χ4n) is 1.07. The van der Waals surface area contributed by atoms with E-state index in [-0.39, 0.29) is 23.7 Å². The molecule has 0 saturated heterocycles. The Labute approximate surface area is 98.5 Å². The molecule has 1 heterocycles. The lowest BCUT2D eigenvalue weighted by atomic mass is 10.3. The number of hydrogen-bond acceptors (Lipinski definition) is 5. The first-order valence-electron chi connectivity index (χ1n) is 4.64. The SMILES string of the molecule is COCCS(=O)(=O)Nc1cccnc1C(=O)O. The average Bonchev–Trinajstić information content (AvgIpc) is 2.26. The first-order chi connectivity index (χ1) is 7.96. The maximum Gasteiger partial charge on any atom is 0.356 e. The molecule has 1 aromatic rings. The molecule has 0 aliphatic rings. The normalized spacial score (nSPS) is 11.1. The van der Waals surface area contributed by atoms with E-state index in [2.05, 4.69) is 14.4 Å². The molecule has 0 aromatic carbocycles. The summed E-state index contributed by atoms with van der Waals surface area (Å²) in [5.41, 5.74) is -0.399.